The van der Waals surface area contributed by atoms with E-state index >= 15 is 0 Å². The summed E-state index contributed by atoms with van der Waals surface area (Å²) in [6, 6.07) is 0. The van der Waals surface area contributed by atoms with Crippen LogP contribution in [0.3, 0.4) is 0 Å². The van der Waals surface area contributed by atoms with Crippen molar-refractivity contribution in [3.63, 3.8) is 0 Å². The smallest absolute Gasteiger partial charge is 0.425 e. The highest BCUT2D eigenvalue weighted by molar-refractivity contribution is 7.88. The molecule has 0 aliphatic carbocycles. The van der Waals surface area contributed by atoms with E-state index in [0.29, 0.717) is 6.54 Å². The summed E-state index contributed by atoms with van der Waals surface area (Å²) >= 11 is 0. The molecule has 114 valence electrons. The number of nitrogens with zero attached hydrogens (tertiary/aromatic N) is 1. The van der Waals surface area contributed by atoms with Crippen LogP contribution < -0.4 is 5.32 Å². The molecular weight excluding hydrogens is 268 g/mol. The summed E-state index contributed by atoms with van der Waals surface area (Å²) in [7, 11) is -3.68. The lowest BCUT2D eigenvalue weighted by Crippen LogP contribution is -2.51. The topological polar surface area (TPSA) is 75.7 Å². The summed E-state index contributed by atoms with van der Waals surface area (Å²) in [5, 5.41) is 3.00. The van der Waals surface area contributed by atoms with Crippen LogP contribution in [0.15, 0.2) is 0 Å². The Morgan fingerprint density at radius 2 is 1.89 bits per heavy atom. The van der Waals surface area contributed by atoms with Crippen molar-refractivity contribution in [2.75, 3.05) is 12.8 Å². The van der Waals surface area contributed by atoms with E-state index in [9.17, 15) is 13.2 Å². The molecule has 0 aliphatic rings. The highest BCUT2D eigenvalue weighted by Crippen LogP contribution is 2.14. The van der Waals surface area contributed by atoms with Crippen LogP contribution in [0, 0.1) is 0 Å². The normalized spacial score (nSPS) is 14.0. The van der Waals surface area contributed by atoms with E-state index in [4.69, 9.17) is 4.74 Å². The Balaban J connectivity index is 4.88. The van der Waals surface area contributed by atoms with Crippen LogP contribution in [-0.4, -0.2) is 43.4 Å². The van der Waals surface area contributed by atoms with Gasteiger partial charge in [0.25, 0.3) is 0 Å². The summed E-state index contributed by atoms with van der Waals surface area (Å²) in [6.45, 7) is 9.39. The third-order valence-corrected chi connectivity index (χ3v) is 3.43. The van der Waals surface area contributed by atoms with Crippen LogP contribution in [0.5, 0.6) is 0 Å². The van der Waals surface area contributed by atoms with Crippen molar-refractivity contribution in [2.45, 2.75) is 59.2 Å². The fraction of sp³-hybridized carbons (Fsp3) is 0.917. The van der Waals surface area contributed by atoms with Crippen molar-refractivity contribution in [3.05, 3.63) is 0 Å². The van der Waals surface area contributed by atoms with Gasteiger partial charge in [-0.05, 0) is 40.7 Å². The van der Waals surface area contributed by atoms with Crippen molar-refractivity contribution < 1.29 is 17.9 Å². The van der Waals surface area contributed by atoms with Crippen LogP contribution in [0.25, 0.3) is 0 Å². The molecule has 1 atom stereocenters. The van der Waals surface area contributed by atoms with Gasteiger partial charge in [0.2, 0.25) is 10.0 Å². The predicted octanol–water partition coefficient (Wildman–Crippen LogP) is 1.92. The largest absolute Gasteiger partial charge is 0.443 e. The van der Waals surface area contributed by atoms with Crippen LogP contribution in [0.1, 0.15) is 47.5 Å². The number of hydrogen-bond donors (Lipinski definition) is 1. The van der Waals surface area contributed by atoms with Crippen molar-refractivity contribution in [1.29, 1.82) is 0 Å². The van der Waals surface area contributed by atoms with Crippen molar-refractivity contribution in [1.82, 2.24) is 9.62 Å². The van der Waals surface area contributed by atoms with Gasteiger partial charge in [-0.15, -0.1) is 0 Å². The van der Waals surface area contributed by atoms with E-state index in [2.05, 4.69) is 5.32 Å². The van der Waals surface area contributed by atoms with Gasteiger partial charge in [-0.25, -0.2) is 13.2 Å². The van der Waals surface area contributed by atoms with Gasteiger partial charge in [0, 0.05) is 0 Å². The number of nitrogens with one attached hydrogen (secondary N) is 1. The number of carbonyl (C=O) groups is 1. The lowest BCUT2D eigenvalue weighted by atomic mass is 10.2. The first-order chi connectivity index (χ1) is 8.49. The maximum absolute atomic E-state index is 12.0. The van der Waals surface area contributed by atoms with E-state index < -0.39 is 27.9 Å². The molecule has 0 spiro atoms. The van der Waals surface area contributed by atoms with E-state index in [1.807, 2.05) is 6.92 Å². The Bertz CT molecular complexity index is 387. The summed E-state index contributed by atoms with van der Waals surface area (Å²) in [4.78, 5) is 12.0. The quantitative estimate of drug-likeness (QED) is 0.598. The second-order valence-corrected chi connectivity index (χ2v) is 7.38. The second kappa shape index (κ2) is 7.09. The Morgan fingerprint density at radius 1 is 1.37 bits per heavy atom. The average molecular weight is 294 g/mol. The van der Waals surface area contributed by atoms with Crippen LogP contribution in [0.4, 0.5) is 4.79 Å². The zero-order valence-electron chi connectivity index (χ0n) is 12.7. The van der Waals surface area contributed by atoms with Crippen LogP contribution in [0.2, 0.25) is 0 Å². The number of sulfonamides is 1. The highest BCUT2D eigenvalue weighted by atomic mass is 32.2. The molecule has 1 amide bonds. The van der Waals surface area contributed by atoms with Gasteiger partial charge < -0.3 is 4.74 Å². The molecule has 0 heterocycles. The molecule has 0 bridgehead atoms. The maximum atomic E-state index is 12.0. The first-order valence-corrected chi connectivity index (χ1v) is 8.29. The number of amides is 1. The Hall–Kier alpha value is -0.820. The molecule has 0 fully saturated rings. The van der Waals surface area contributed by atoms with Gasteiger partial charge in [0.05, 0.1) is 12.4 Å². The zero-order chi connectivity index (χ0) is 15.3. The first kappa shape index (κ1) is 18.2. The highest BCUT2D eigenvalue weighted by Gasteiger charge is 2.32. The molecule has 1 unspecified atom stereocenters. The lowest BCUT2D eigenvalue weighted by Gasteiger charge is -2.30. The van der Waals surface area contributed by atoms with Gasteiger partial charge in [0.15, 0.2) is 0 Å². The maximum Gasteiger partial charge on any atom is 0.425 e. The minimum absolute atomic E-state index is 0.628. The fourth-order valence-electron chi connectivity index (χ4n) is 1.46. The molecule has 0 aliphatic heterocycles. The molecule has 6 nitrogen and oxygen atoms in total. The minimum Gasteiger partial charge on any atom is -0.443 e. The molecule has 1 N–H and O–H groups in total. The lowest BCUT2D eigenvalue weighted by molar-refractivity contribution is 0.0330. The SMILES string of the molecule is CCCCNC(C)N(C(=O)OC(C)(C)C)S(C)(=O)=O. The Kier molecular flexibility index (Phi) is 6.79. The van der Waals surface area contributed by atoms with Gasteiger partial charge in [0.1, 0.15) is 5.60 Å². The molecule has 0 aromatic carbocycles. The predicted molar refractivity (Wildman–Crippen MR) is 75.3 cm³/mol. The molecule has 0 aromatic heterocycles. The molecule has 0 saturated heterocycles. The third kappa shape index (κ3) is 7.37. The zero-order valence-corrected chi connectivity index (χ0v) is 13.5. The summed E-state index contributed by atoms with van der Waals surface area (Å²) in [5.41, 5.74) is -0.733. The number of carbonyl (C=O) groups excluding carboxylic acids is 1. The molecule has 19 heavy (non-hydrogen) atoms. The van der Waals surface area contributed by atoms with E-state index in [-0.39, 0.29) is 0 Å². The van der Waals surface area contributed by atoms with Gasteiger partial charge in [-0.2, -0.15) is 4.31 Å². The van der Waals surface area contributed by atoms with Gasteiger partial charge in [-0.1, -0.05) is 13.3 Å². The summed E-state index contributed by atoms with van der Waals surface area (Å²) in [5.74, 6) is 0. The van der Waals surface area contributed by atoms with Crippen molar-refractivity contribution in [3.8, 4) is 0 Å². The average Bonchev–Trinajstić information content (AvgIpc) is 2.12. The van der Waals surface area contributed by atoms with E-state index in [0.717, 1.165) is 23.4 Å². The number of unbranched alkanes of at least 4 members (excludes halogenated alkanes) is 1. The molecular formula is C12H26N2O4S. The second-order valence-electron chi connectivity index (χ2n) is 5.52. The third-order valence-electron chi connectivity index (χ3n) is 2.25. The Morgan fingerprint density at radius 3 is 2.26 bits per heavy atom. The fourth-order valence-corrected chi connectivity index (χ4v) is 2.42. The Labute approximate surface area is 116 Å². The molecule has 0 rings (SSSR count). The first-order valence-electron chi connectivity index (χ1n) is 6.45. The number of rotatable bonds is 6. The minimum atomic E-state index is -3.68. The summed E-state index contributed by atoms with van der Waals surface area (Å²) in [6.07, 6.45) is 1.42. The van der Waals surface area contributed by atoms with Gasteiger partial charge >= 0.3 is 6.09 Å². The molecule has 0 aromatic rings. The molecule has 0 radical (unpaired) electrons. The van der Waals surface area contributed by atoms with E-state index in [1.54, 1.807) is 27.7 Å². The standard InChI is InChI=1S/C12H26N2O4S/c1-7-8-9-13-10(2)14(19(6,16)17)11(15)18-12(3,4)5/h10,13H,7-9H2,1-6H3. The van der Waals surface area contributed by atoms with Gasteiger partial charge in [-0.3, -0.25) is 5.32 Å². The van der Waals surface area contributed by atoms with Crippen LogP contribution >= 0.6 is 0 Å². The molecule has 0 saturated carbocycles. The van der Waals surface area contributed by atoms with E-state index in [1.165, 1.54) is 0 Å². The monoisotopic (exact) mass is 294 g/mol. The summed E-state index contributed by atoms with van der Waals surface area (Å²) < 4.78 is 29.3. The number of hydrogen-bond acceptors (Lipinski definition) is 5. The molecule has 7 heteroatoms. The van der Waals surface area contributed by atoms with Crippen molar-refractivity contribution in [2.24, 2.45) is 0 Å². The number of ether oxygens (including phenoxy) is 1. The van der Waals surface area contributed by atoms with Crippen LogP contribution in [-0.2, 0) is 14.8 Å². The van der Waals surface area contributed by atoms with Crippen molar-refractivity contribution >= 4 is 16.1 Å².